The van der Waals surface area contributed by atoms with Crippen molar-refractivity contribution >= 4 is 19.7 Å². The topological polar surface area (TPSA) is 37.4 Å². The zero-order valence-electron chi connectivity index (χ0n) is 9.38. The maximum Gasteiger partial charge on any atom is 0.232 e. The van der Waals surface area contributed by atoms with Crippen molar-refractivity contribution in [1.82, 2.24) is 4.90 Å². The van der Waals surface area contributed by atoms with E-state index in [0.717, 1.165) is 13.1 Å². The molecule has 86 valence electrons. The van der Waals surface area contributed by atoms with Crippen LogP contribution in [0.15, 0.2) is 0 Å². The van der Waals surface area contributed by atoms with Crippen molar-refractivity contribution in [3.63, 3.8) is 0 Å². The van der Waals surface area contributed by atoms with E-state index in [4.69, 9.17) is 10.7 Å². The van der Waals surface area contributed by atoms with E-state index in [-0.39, 0.29) is 11.2 Å². The molecule has 0 aromatic rings. The van der Waals surface area contributed by atoms with E-state index >= 15 is 0 Å². The Bertz CT molecular complexity index is 256. The molecule has 0 atom stereocenters. The predicted octanol–water partition coefficient (Wildman–Crippen LogP) is 1.92. The molecule has 0 unspecified atom stereocenters. The summed E-state index contributed by atoms with van der Waals surface area (Å²) in [6.07, 6.45) is 0.596. The number of hydrogen-bond donors (Lipinski definition) is 0. The third-order valence-electron chi connectivity index (χ3n) is 1.67. The Kier molecular flexibility index (Phi) is 5.41. The van der Waals surface area contributed by atoms with Crippen molar-refractivity contribution in [2.75, 3.05) is 25.9 Å². The zero-order valence-corrected chi connectivity index (χ0v) is 11.0. The van der Waals surface area contributed by atoms with E-state index in [0.29, 0.717) is 6.42 Å². The van der Waals surface area contributed by atoms with Gasteiger partial charge in [0.1, 0.15) is 0 Å². The smallest absolute Gasteiger partial charge is 0.232 e. The maximum atomic E-state index is 10.6. The Hall–Kier alpha value is 0.200. The van der Waals surface area contributed by atoms with Crippen LogP contribution in [0.4, 0.5) is 0 Å². The van der Waals surface area contributed by atoms with Crippen LogP contribution in [0.2, 0.25) is 0 Å². The first-order valence-electron chi connectivity index (χ1n) is 4.71. The Morgan fingerprint density at radius 1 is 1.29 bits per heavy atom. The molecule has 0 aromatic carbocycles. The van der Waals surface area contributed by atoms with E-state index in [9.17, 15) is 8.42 Å². The van der Waals surface area contributed by atoms with Crippen LogP contribution in [0.5, 0.6) is 0 Å². The molecule has 5 heteroatoms. The molecule has 0 fully saturated rings. The second-order valence-electron chi connectivity index (χ2n) is 4.89. The number of hydrogen-bond acceptors (Lipinski definition) is 3. The highest BCUT2D eigenvalue weighted by Gasteiger charge is 2.13. The molecular weight excluding hydrogens is 222 g/mol. The van der Waals surface area contributed by atoms with Crippen LogP contribution in [-0.4, -0.2) is 39.2 Å². The van der Waals surface area contributed by atoms with Gasteiger partial charge in [0.05, 0.1) is 5.75 Å². The fourth-order valence-electron chi connectivity index (χ4n) is 1.40. The van der Waals surface area contributed by atoms with Gasteiger partial charge in [-0.05, 0) is 25.4 Å². The minimum Gasteiger partial charge on any atom is -0.306 e. The van der Waals surface area contributed by atoms with Crippen LogP contribution in [0.1, 0.15) is 27.2 Å². The standard InChI is InChI=1S/C9H20ClNO2S/c1-9(2,3)8-11(4)6-5-7-14(10,12)13/h5-8H2,1-4H3. The van der Waals surface area contributed by atoms with E-state index in [2.05, 4.69) is 25.7 Å². The van der Waals surface area contributed by atoms with Gasteiger partial charge in [-0.25, -0.2) is 8.42 Å². The molecule has 0 aliphatic carbocycles. The van der Waals surface area contributed by atoms with E-state index in [1.54, 1.807) is 0 Å². The summed E-state index contributed by atoms with van der Waals surface area (Å²) < 4.78 is 21.3. The van der Waals surface area contributed by atoms with Crippen molar-refractivity contribution in [3.8, 4) is 0 Å². The molecule has 14 heavy (non-hydrogen) atoms. The molecule has 0 N–H and O–H groups in total. The zero-order chi connectivity index (χ0) is 11.4. The van der Waals surface area contributed by atoms with Gasteiger partial charge in [0.25, 0.3) is 0 Å². The second kappa shape index (κ2) is 5.33. The molecule has 0 bridgehead atoms. The lowest BCUT2D eigenvalue weighted by Crippen LogP contribution is -2.30. The molecule has 0 rings (SSSR count). The monoisotopic (exact) mass is 241 g/mol. The number of halogens is 1. The van der Waals surface area contributed by atoms with Gasteiger partial charge in [-0.15, -0.1) is 0 Å². The predicted molar refractivity (Wildman–Crippen MR) is 61.2 cm³/mol. The van der Waals surface area contributed by atoms with Crippen molar-refractivity contribution in [2.24, 2.45) is 5.41 Å². The molecule has 0 aliphatic rings. The molecule has 0 spiro atoms. The third-order valence-corrected chi connectivity index (χ3v) is 2.91. The average Bonchev–Trinajstić information content (AvgIpc) is 1.78. The average molecular weight is 242 g/mol. The fraction of sp³-hybridized carbons (Fsp3) is 1.00. The summed E-state index contributed by atoms with van der Waals surface area (Å²) >= 11 is 0. The summed E-state index contributed by atoms with van der Waals surface area (Å²) in [4.78, 5) is 2.13. The molecule has 0 saturated heterocycles. The summed E-state index contributed by atoms with van der Waals surface area (Å²) in [5.74, 6) is 0.0586. The quantitative estimate of drug-likeness (QED) is 0.691. The van der Waals surface area contributed by atoms with Gasteiger partial charge >= 0.3 is 0 Å². The van der Waals surface area contributed by atoms with Gasteiger partial charge in [0.15, 0.2) is 0 Å². The molecule has 0 heterocycles. The second-order valence-corrected chi connectivity index (χ2v) is 7.79. The van der Waals surface area contributed by atoms with Gasteiger partial charge in [0.2, 0.25) is 9.05 Å². The highest BCUT2D eigenvalue weighted by molar-refractivity contribution is 8.13. The third kappa shape index (κ3) is 10.3. The van der Waals surface area contributed by atoms with Crippen LogP contribution < -0.4 is 0 Å². The lowest BCUT2D eigenvalue weighted by atomic mass is 9.96. The van der Waals surface area contributed by atoms with Crippen molar-refractivity contribution < 1.29 is 8.42 Å². The normalized spacial score (nSPS) is 13.6. The fourth-order valence-corrected chi connectivity index (χ4v) is 2.20. The van der Waals surface area contributed by atoms with Crippen LogP contribution in [0, 0.1) is 5.41 Å². The van der Waals surface area contributed by atoms with Crippen molar-refractivity contribution in [1.29, 1.82) is 0 Å². The van der Waals surface area contributed by atoms with E-state index in [1.165, 1.54) is 0 Å². The summed E-state index contributed by atoms with van der Waals surface area (Å²) in [5.41, 5.74) is 0.245. The minimum absolute atomic E-state index is 0.0586. The first kappa shape index (κ1) is 14.2. The number of nitrogens with zero attached hydrogens (tertiary/aromatic N) is 1. The lowest BCUT2D eigenvalue weighted by molar-refractivity contribution is 0.228. The van der Waals surface area contributed by atoms with Crippen LogP contribution in [0.3, 0.4) is 0 Å². The Labute approximate surface area is 91.9 Å². The van der Waals surface area contributed by atoms with Crippen LogP contribution in [-0.2, 0) is 9.05 Å². The Morgan fingerprint density at radius 2 is 1.79 bits per heavy atom. The summed E-state index contributed by atoms with van der Waals surface area (Å²) in [7, 11) is 3.78. The summed E-state index contributed by atoms with van der Waals surface area (Å²) in [6.45, 7) is 8.18. The van der Waals surface area contributed by atoms with Gasteiger partial charge < -0.3 is 4.90 Å². The molecular formula is C9H20ClNO2S. The molecule has 0 aromatic heterocycles. The van der Waals surface area contributed by atoms with Gasteiger partial charge in [-0.1, -0.05) is 20.8 Å². The van der Waals surface area contributed by atoms with Crippen LogP contribution >= 0.6 is 10.7 Å². The van der Waals surface area contributed by atoms with Gasteiger partial charge in [0, 0.05) is 17.2 Å². The molecule has 3 nitrogen and oxygen atoms in total. The Balaban J connectivity index is 3.71. The summed E-state index contributed by atoms with van der Waals surface area (Å²) in [5, 5.41) is 0. The van der Waals surface area contributed by atoms with E-state index < -0.39 is 9.05 Å². The summed E-state index contributed by atoms with van der Waals surface area (Å²) in [6, 6.07) is 0. The lowest BCUT2D eigenvalue weighted by Gasteiger charge is -2.26. The maximum absolute atomic E-state index is 10.6. The molecule has 0 saturated carbocycles. The van der Waals surface area contributed by atoms with E-state index in [1.807, 2.05) is 7.05 Å². The first-order valence-corrected chi connectivity index (χ1v) is 7.19. The van der Waals surface area contributed by atoms with Crippen molar-refractivity contribution in [2.45, 2.75) is 27.2 Å². The van der Waals surface area contributed by atoms with Crippen LogP contribution in [0.25, 0.3) is 0 Å². The highest BCUT2D eigenvalue weighted by Crippen LogP contribution is 2.14. The van der Waals surface area contributed by atoms with Gasteiger partial charge in [-0.2, -0.15) is 0 Å². The first-order chi connectivity index (χ1) is 6.10. The number of rotatable bonds is 5. The Morgan fingerprint density at radius 3 is 2.14 bits per heavy atom. The SMILES string of the molecule is CN(CCCS(=O)(=O)Cl)CC(C)(C)C. The molecule has 0 aliphatic heterocycles. The van der Waals surface area contributed by atoms with Gasteiger partial charge in [-0.3, -0.25) is 0 Å². The highest BCUT2D eigenvalue weighted by atomic mass is 35.7. The largest absolute Gasteiger partial charge is 0.306 e. The molecule has 0 amide bonds. The minimum atomic E-state index is -3.32. The van der Waals surface area contributed by atoms with Crippen molar-refractivity contribution in [3.05, 3.63) is 0 Å². The molecule has 0 radical (unpaired) electrons.